The van der Waals surface area contributed by atoms with Gasteiger partial charge in [0.25, 0.3) is 0 Å². The molecular formula is C10H9ClF2O. The standard InChI is InChI=1S/C10H9ClF2O/c1-7(11)6-8-2-4-9(5-3-8)14-10(12)13/h2-6,10H,1H3/b7-6-. The molecule has 0 amide bonds. The van der Waals surface area contributed by atoms with E-state index in [1.807, 2.05) is 0 Å². The molecule has 1 aromatic rings. The summed E-state index contributed by atoms with van der Waals surface area (Å²) in [5.41, 5.74) is 0.846. The molecule has 0 radical (unpaired) electrons. The first-order chi connectivity index (χ1) is 6.58. The number of hydrogen-bond acceptors (Lipinski definition) is 1. The lowest BCUT2D eigenvalue weighted by Gasteiger charge is -2.03. The van der Waals surface area contributed by atoms with E-state index in [0.717, 1.165) is 5.56 Å². The Kier molecular flexibility index (Phi) is 3.89. The Balaban J connectivity index is 2.74. The molecule has 76 valence electrons. The van der Waals surface area contributed by atoms with E-state index >= 15 is 0 Å². The predicted molar refractivity (Wildman–Crippen MR) is 52.6 cm³/mol. The SMILES string of the molecule is C/C(Cl)=C/c1ccc(OC(F)F)cc1. The van der Waals surface area contributed by atoms with Crippen molar-refractivity contribution in [3.05, 3.63) is 34.9 Å². The second-order valence-corrected chi connectivity index (χ2v) is 3.27. The molecule has 14 heavy (non-hydrogen) atoms. The van der Waals surface area contributed by atoms with Crippen LogP contribution in [0.3, 0.4) is 0 Å². The van der Waals surface area contributed by atoms with Crippen molar-refractivity contribution in [3.8, 4) is 5.75 Å². The largest absolute Gasteiger partial charge is 0.435 e. The Morgan fingerprint density at radius 1 is 1.36 bits per heavy atom. The highest BCUT2D eigenvalue weighted by molar-refractivity contribution is 6.31. The second-order valence-electron chi connectivity index (χ2n) is 2.68. The maximum Gasteiger partial charge on any atom is 0.387 e. The Hall–Kier alpha value is -1.09. The van der Waals surface area contributed by atoms with Gasteiger partial charge in [-0.3, -0.25) is 0 Å². The Labute approximate surface area is 85.9 Å². The molecule has 0 fully saturated rings. The molecule has 0 saturated carbocycles. The molecule has 1 rings (SSSR count). The summed E-state index contributed by atoms with van der Waals surface area (Å²) >= 11 is 5.65. The lowest BCUT2D eigenvalue weighted by atomic mass is 10.2. The monoisotopic (exact) mass is 218 g/mol. The zero-order valence-electron chi connectivity index (χ0n) is 7.51. The van der Waals surface area contributed by atoms with Crippen molar-refractivity contribution in [3.63, 3.8) is 0 Å². The van der Waals surface area contributed by atoms with Crippen LogP contribution in [0.1, 0.15) is 12.5 Å². The lowest BCUT2D eigenvalue weighted by Crippen LogP contribution is -2.01. The lowest BCUT2D eigenvalue weighted by molar-refractivity contribution is -0.0498. The summed E-state index contributed by atoms with van der Waals surface area (Å²) < 4.78 is 27.7. The van der Waals surface area contributed by atoms with Crippen molar-refractivity contribution in [1.29, 1.82) is 0 Å². The van der Waals surface area contributed by atoms with Crippen LogP contribution in [0.25, 0.3) is 6.08 Å². The van der Waals surface area contributed by atoms with Gasteiger partial charge in [-0.15, -0.1) is 0 Å². The molecule has 0 saturated heterocycles. The Morgan fingerprint density at radius 2 is 1.93 bits per heavy atom. The molecule has 0 aliphatic heterocycles. The number of alkyl halides is 2. The molecule has 0 atom stereocenters. The van der Waals surface area contributed by atoms with Crippen molar-refractivity contribution in [2.24, 2.45) is 0 Å². The van der Waals surface area contributed by atoms with Crippen LogP contribution in [0.2, 0.25) is 0 Å². The van der Waals surface area contributed by atoms with Gasteiger partial charge in [0.15, 0.2) is 0 Å². The van der Waals surface area contributed by atoms with Crippen LogP contribution in [0.5, 0.6) is 5.75 Å². The maximum absolute atomic E-state index is 11.8. The minimum atomic E-state index is -2.79. The van der Waals surface area contributed by atoms with E-state index in [0.29, 0.717) is 5.03 Å². The molecule has 0 aliphatic carbocycles. The third kappa shape index (κ3) is 3.75. The fourth-order valence-electron chi connectivity index (χ4n) is 0.975. The normalized spacial score (nSPS) is 11.9. The molecule has 0 spiro atoms. The van der Waals surface area contributed by atoms with Gasteiger partial charge < -0.3 is 4.74 Å². The van der Waals surface area contributed by atoms with Crippen molar-refractivity contribution in [2.45, 2.75) is 13.5 Å². The predicted octanol–water partition coefficient (Wildman–Crippen LogP) is 3.89. The third-order valence-electron chi connectivity index (χ3n) is 1.47. The fraction of sp³-hybridized carbons (Fsp3) is 0.200. The second kappa shape index (κ2) is 4.96. The highest BCUT2D eigenvalue weighted by Gasteiger charge is 2.02. The van der Waals surface area contributed by atoms with E-state index in [1.165, 1.54) is 12.1 Å². The minimum absolute atomic E-state index is 0.143. The average molecular weight is 219 g/mol. The molecule has 1 aromatic carbocycles. The molecule has 0 aliphatic rings. The summed E-state index contributed by atoms with van der Waals surface area (Å²) in [7, 11) is 0. The van der Waals surface area contributed by atoms with Crippen LogP contribution in [-0.4, -0.2) is 6.61 Å². The van der Waals surface area contributed by atoms with E-state index in [9.17, 15) is 8.78 Å². The smallest absolute Gasteiger partial charge is 0.387 e. The van der Waals surface area contributed by atoms with Gasteiger partial charge in [0.05, 0.1) is 0 Å². The number of benzene rings is 1. The fourth-order valence-corrected chi connectivity index (χ4v) is 1.10. The first-order valence-corrected chi connectivity index (χ1v) is 4.34. The van der Waals surface area contributed by atoms with Gasteiger partial charge in [0, 0.05) is 5.03 Å². The van der Waals surface area contributed by atoms with Crippen molar-refractivity contribution < 1.29 is 13.5 Å². The van der Waals surface area contributed by atoms with Gasteiger partial charge in [-0.2, -0.15) is 8.78 Å². The summed E-state index contributed by atoms with van der Waals surface area (Å²) in [5.74, 6) is 0.143. The van der Waals surface area contributed by atoms with E-state index in [4.69, 9.17) is 11.6 Å². The first kappa shape index (κ1) is 11.0. The topological polar surface area (TPSA) is 9.23 Å². The van der Waals surface area contributed by atoms with E-state index in [2.05, 4.69) is 4.74 Å². The maximum atomic E-state index is 11.8. The third-order valence-corrected chi connectivity index (χ3v) is 1.58. The van der Waals surface area contributed by atoms with Crippen LogP contribution in [-0.2, 0) is 0 Å². The number of rotatable bonds is 3. The highest BCUT2D eigenvalue weighted by atomic mass is 35.5. The van der Waals surface area contributed by atoms with Crippen LogP contribution >= 0.6 is 11.6 Å². The first-order valence-electron chi connectivity index (χ1n) is 3.96. The van der Waals surface area contributed by atoms with Crippen LogP contribution in [0.4, 0.5) is 8.78 Å². The summed E-state index contributed by atoms with van der Waals surface area (Å²) in [6.45, 7) is -1.04. The molecule has 0 bridgehead atoms. The summed E-state index contributed by atoms with van der Waals surface area (Å²) in [6, 6.07) is 6.25. The van der Waals surface area contributed by atoms with Gasteiger partial charge in [0.2, 0.25) is 0 Å². The number of halogens is 3. The number of ether oxygens (including phenoxy) is 1. The van der Waals surface area contributed by atoms with Crippen LogP contribution in [0, 0.1) is 0 Å². The van der Waals surface area contributed by atoms with Gasteiger partial charge in [-0.1, -0.05) is 23.7 Å². The van der Waals surface area contributed by atoms with E-state index < -0.39 is 6.61 Å². The molecule has 0 heterocycles. The van der Waals surface area contributed by atoms with Gasteiger partial charge in [-0.25, -0.2) is 0 Å². The average Bonchev–Trinajstić information content (AvgIpc) is 2.06. The quantitative estimate of drug-likeness (QED) is 0.748. The molecule has 1 nitrogen and oxygen atoms in total. The van der Waals surface area contributed by atoms with Crippen molar-refractivity contribution in [2.75, 3.05) is 0 Å². The van der Waals surface area contributed by atoms with Crippen LogP contribution < -0.4 is 4.74 Å². The van der Waals surface area contributed by atoms with E-state index in [-0.39, 0.29) is 5.75 Å². The van der Waals surface area contributed by atoms with Crippen LogP contribution in [0.15, 0.2) is 29.3 Å². The molecule has 4 heteroatoms. The minimum Gasteiger partial charge on any atom is -0.435 e. The van der Waals surface area contributed by atoms with Gasteiger partial charge in [0.1, 0.15) is 5.75 Å². The number of hydrogen-bond donors (Lipinski definition) is 0. The highest BCUT2D eigenvalue weighted by Crippen LogP contribution is 2.17. The summed E-state index contributed by atoms with van der Waals surface area (Å²) in [4.78, 5) is 0. The molecular weight excluding hydrogens is 210 g/mol. The summed E-state index contributed by atoms with van der Waals surface area (Å²) in [6.07, 6.45) is 1.73. The van der Waals surface area contributed by atoms with Crippen molar-refractivity contribution in [1.82, 2.24) is 0 Å². The van der Waals surface area contributed by atoms with Gasteiger partial charge >= 0.3 is 6.61 Å². The van der Waals surface area contributed by atoms with Crippen molar-refractivity contribution >= 4 is 17.7 Å². The Morgan fingerprint density at radius 3 is 2.36 bits per heavy atom. The summed E-state index contributed by atoms with van der Waals surface area (Å²) in [5, 5.41) is 0.632. The Bertz CT molecular complexity index is 315. The van der Waals surface area contributed by atoms with Gasteiger partial charge in [-0.05, 0) is 30.7 Å². The zero-order chi connectivity index (χ0) is 10.6. The molecule has 0 N–H and O–H groups in total. The molecule has 0 aromatic heterocycles. The zero-order valence-corrected chi connectivity index (χ0v) is 8.26. The van der Waals surface area contributed by atoms with E-state index in [1.54, 1.807) is 25.1 Å². The number of allylic oxidation sites excluding steroid dienone is 1. The molecule has 0 unspecified atom stereocenters.